The number of halogens is 1. The fraction of sp³-hybridized carbons (Fsp3) is 0.273. The second-order valence-electron chi connectivity index (χ2n) is 6.70. The van der Waals surface area contributed by atoms with Crippen molar-refractivity contribution in [2.24, 2.45) is 11.0 Å². The number of nitrogens with one attached hydrogen (secondary N) is 1. The molecule has 1 unspecified atom stereocenters. The van der Waals surface area contributed by atoms with Crippen LogP contribution in [0.3, 0.4) is 0 Å². The lowest BCUT2D eigenvalue weighted by molar-refractivity contribution is 0.0526. The number of hydrogen-bond acceptors (Lipinski definition) is 5. The lowest BCUT2D eigenvalue weighted by atomic mass is 9.93. The Morgan fingerprint density at radius 3 is 2.57 bits per heavy atom. The molecule has 1 N–H and O–H groups in total. The molecule has 0 aliphatic carbocycles. The summed E-state index contributed by atoms with van der Waals surface area (Å²) in [5, 5.41) is 18.2. The first kappa shape index (κ1) is 21.3. The summed E-state index contributed by atoms with van der Waals surface area (Å²) in [7, 11) is 0. The largest absolute Gasteiger partial charge is 0.462 e. The molecule has 7 nitrogen and oxygen atoms in total. The van der Waals surface area contributed by atoms with E-state index < -0.39 is 5.97 Å². The highest BCUT2D eigenvalue weighted by Gasteiger charge is 2.30. The number of carbonyl (C=O) groups is 2. The zero-order chi connectivity index (χ0) is 21.5. The molecule has 2 amide bonds. The van der Waals surface area contributed by atoms with Crippen molar-refractivity contribution >= 4 is 35.0 Å². The van der Waals surface area contributed by atoms with E-state index in [0.717, 1.165) is 11.3 Å². The predicted octanol–water partition coefficient (Wildman–Crippen LogP) is 4.69. The number of benzene rings is 2. The molecule has 3 rings (SSSR count). The Hall–Kier alpha value is -3.37. The number of hydrazone groups is 1. The van der Waals surface area contributed by atoms with E-state index in [0.29, 0.717) is 42.3 Å². The van der Waals surface area contributed by atoms with E-state index in [1.54, 1.807) is 43.3 Å². The number of anilines is 1. The number of carbonyl (C=O) groups excluding carboxylic acids is 2. The van der Waals surface area contributed by atoms with Gasteiger partial charge in [0.05, 0.1) is 30.5 Å². The zero-order valence-electron chi connectivity index (χ0n) is 16.5. The SMILES string of the molecule is CCOC(=O)c1ccc(NC(=O)N2CC(CCC#N)C(c3ccc(Cl)cc3)=N2)cc1. The van der Waals surface area contributed by atoms with Crippen LogP contribution in [-0.2, 0) is 4.74 Å². The summed E-state index contributed by atoms with van der Waals surface area (Å²) < 4.78 is 4.95. The van der Waals surface area contributed by atoms with E-state index in [9.17, 15) is 9.59 Å². The summed E-state index contributed by atoms with van der Waals surface area (Å²) in [5.41, 5.74) is 2.58. The maximum absolute atomic E-state index is 12.7. The third kappa shape index (κ3) is 5.16. The fourth-order valence-electron chi connectivity index (χ4n) is 3.15. The third-order valence-corrected chi connectivity index (χ3v) is 4.89. The molecule has 0 fully saturated rings. The van der Waals surface area contributed by atoms with Crippen molar-refractivity contribution < 1.29 is 14.3 Å². The average molecular weight is 425 g/mol. The molecule has 0 radical (unpaired) electrons. The number of urea groups is 1. The Balaban J connectivity index is 1.72. The predicted molar refractivity (Wildman–Crippen MR) is 114 cm³/mol. The molecule has 0 saturated heterocycles. The van der Waals surface area contributed by atoms with Crippen LogP contribution in [-0.4, -0.2) is 35.9 Å². The van der Waals surface area contributed by atoms with Crippen molar-refractivity contribution in [3.8, 4) is 6.07 Å². The number of rotatable bonds is 6. The van der Waals surface area contributed by atoms with Crippen molar-refractivity contribution in [3.05, 3.63) is 64.7 Å². The van der Waals surface area contributed by atoms with E-state index in [1.165, 1.54) is 5.01 Å². The Bertz CT molecular complexity index is 981. The molecule has 2 aromatic rings. The van der Waals surface area contributed by atoms with Crippen LogP contribution in [0, 0.1) is 17.2 Å². The van der Waals surface area contributed by atoms with Crippen molar-refractivity contribution in [2.45, 2.75) is 19.8 Å². The number of amides is 2. The minimum atomic E-state index is -0.410. The van der Waals surface area contributed by atoms with Gasteiger partial charge >= 0.3 is 12.0 Å². The van der Waals surface area contributed by atoms with E-state index in [-0.39, 0.29) is 11.9 Å². The van der Waals surface area contributed by atoms with E-state index in [4.69, 9.17) is 21.6 Å². The Morgan fingerprint density at radius 1 is 1.23 bits per heavy atom. The van der Waals surface area contributed by atoms with Crippen LogP contribution in [0.15, 0.2) is 53.6 Å². The number of nitrogens with zero attached hydrogens (tertiary/aromatic N) is 3. The van der Waals surface area contributed by atoms with Gasteiger partial charge in [0, 0.05) is 23.0 Å². The van der Waals surface area contributed by atoms with Gasteiger partial charge in [-0.05, 0) is 55.3 Å². The van der Waals surface area contributed by atoms with Crippen molar-refractivity contribution in [2.75, 3.05) is 18.5 Å². The highest BCUT2D eigenvalue weighted by Crippen LogP contribution is 2.25. The Morgan fingerprint density at radius 2 is 1.93 bits per heavy atom. The monoisotopic (exact) mass is 424 g/mol. The first-order valence-corrected chi connectivity index (χ1v) is 9.96. The normalized spacial score (nSPS) is 15.3. The van der Waals surface area contributed by atoms with Gasteiger partial charge in [0.25, 0.3) is 0 Å². The second-order valence-corrected chi connectivity index (χ2v) is 7.13. The number of ether oxygens (including phenoxy) is 1. The van der Waals surface area contributed by atoms with Gasteiger partial charge in [-0.1, -0.05) is 23.7 Å². The van der Waals surface area contributed by atoms with Gasteiger partial charge in [0.1, 0.15) is 0 Å². The highest BCUT2D eigenvalue weighted by atomic mass is 35.5. The first-order chi connectivity index (χ1) is 14.5. The highest BCUT2D eigenvalue weighted by molar-refractivity contribution is 6.30. The lowest BCUT2D eigenvalue weighted by Crippen LogP contribution is -2.30. The van der Waals surface area contributed by atoms with Gasteiger partial charge in [-0.3, -0.25) is 0 Å². The van der Waals surface area contributed by atoms with Crippen LogP contribution in [0.25, 0.3) is 0 Å². The molecule has 0 aromatic heterocycles. The first-order valence-electron chi connectivity index (χ1n) is 9.59. The molecule has 0 saturated carbocycles. The molecule has 1 aliphatic rings. The van der Waals surface area contributed by atoms with Gasteiger partial charge in [-0.15, -0.1) is 0 Å². The Kier molecular flexibility index (Phi) is 7.04. The summed E-state index contributed by atoms with van der Waals surface area (Å²) in [6.45, 7) is 2.42. The summed E-state index contributed by atoms with van der Waals surface area (Å²) in [4.78, 5) is 24.5. The molecule has 1 heterocycles. The average Bonchev–Trinajstić information content (AvgIpc) is 3.18. The van der Waals surface area contributed by atoms with Crippen molar-refractivity contribution in [1.29, 1.82) is 5.26 Å². The molecule has 1 aliphatic heterocycles. The number of esters is 1. The summed E-state index contributed by atoms with van der Waals surface area (Å²) in [5.74, 6) is -0.449. The minimum Gasteiger partial charge on any atom is -0.462 e. The van der Waals surface area contributed by atoms with Gasteiger partial charge in [0.2, 0.25) is 0 Å². The molecule has 1 atom stereocenters. The van der Waals surface area contributed by atoms with Crippen LogP contribution in [0.1, 0.15) is 35.7 Å². The number of hydrogen-bond donors (Lipinski definition) is 1. The van der Waals surface area contributed by atoms with Gasteiger partial charge in [0.15, 0.2) is 0 Å². The van der Waals surface area contributed by atoms with Crippen LogP contribution in [0.5, 0.6) is 0 Å². The maximum atomic E-state index is 12.7. The van der Waals surface area contributed by atoms with Crippen molar-refractivity contribution in [3.63, 3.8) is 0 Å². The molecular formula is C22H21ClN4O3. The molecule has 154 valence electrons. The Labute approximate surface area is 179 Å². The lowest BCUT2D eigenvalue weighted by Gasteiger charge is -2.15. The van der Waals surface area contributed by atoms with Crippen LogP contribution in [0.2, 0.25) is 5.02 Å². The van der Waals surface area contributed by atoms with Crippen LogP contribution >= 0.6 is 11.6 Å². The van der Waals surface area contributed by atoms with E-state index >= 15 is 0 Å². The molecule has 2 aromatic carbocycles. The van der Waals surface area contributed by atoms with E-state index in [2.05, 4.69) is 16.5 Å². The van der Waals surface area contributed by atoms with Gasteiger partial charge < -0.3 is 10.1 Å². The van der Waals surface area contributed by atoms with Gasteiger partial charge in [-0.2, -0.15) is 10.4 Å². The summed E-state index contributed by atoms with van der Waals surface area (Å²) >= 11 is 5.97. The smallest absolute Gasteiger partial charge is 0.342 e. The van der Waals surface area contributed by atoms with Crippen LogP contribution < -0.4 is 5.32 Å². The molecule has 30 heavy (non-hydrogen) atoms. The number of nitriles is 1. The molecule has 0 spiro atoms. The van der Waals surface area contributed by atoms with Gasteiger partial charge in [-0.25, -0.2) is 14.6 Å². The van der Waals surface area contributed by atoms with Crippen molar-refractivity contribution in [1.82, 2.24) is 5.01 Å². The summed E-state index contributed by atoms with van der Waals surface area (Å²) in [6, 6.07) is 15.5. The maximum Gasteiger partial charge on any atom is 0.342 e. The third-order valence-electron chi connectivity index (χ3n) is 4.63. The molecule has 8 heteroatoms. The quantitative estimate of drug-likeness (QED) is 0.680. The van der Waals surface area contributed by atoms with E-state index in [1.807, 2.05) is 12.1 Å². The summed E-state index contributed by atoms with van der Waals surface area (Å²) in [6.07, 6.45) is 0.984. The molecule has 0 bridgehead atoms. The minimum absolute atomic E-state index is 0.0391. The zero-order valence-corrected chi connectivity index (χ0v) is 17.2. The standard InChI is InChI=1S/C22H21ClN4O3/c1-2-30-21(28)16-7-11-19(12-8-16)25-22(29)27-14-17(4-3-13-24)20(26-27)15-5-9-18(23)10-6-15/h5-12,17H,2-4,14H2,1H3,(H,25,29). The van der Waals surface area contributed by atoms with Crippen LogP contribution in [0.4, 0.5) is 10.5 Å². The fourth-order valence-corrected chi connectivity index (χ4v) is 3.28. The second kappa shape index (κ2) is 9.90. The topological polar surface area (TPSA) is 94.8 Å². The molecular weight excluding hydrogens is 404 g/mol.